The molecule has 1 spiro atoms. The van der Waals surface area contributed by atoms with Gasteiger partial charge in [-0.25, -0.2) is 0 Å². The van der Waals surface area contributed by atoms with Gasteiger partial charge in [0.25, 0.3) is 0 Å². The molecule has 0 aromatic rings. The van der Waals surface area contributed by atoms with Crippen molar-refractivity contribution in [2.75, 3.05) is 13.1 Å². The molecule has 0 radical (unpaired) electrons. The van der Waals surface area contributed by atoms with E-state index in [0.29, 0.717) is 5.37 Å². The van der Waals surface area contributed by atoms with Gasteiger partial charge < -0.3 is 0 Å². The highest BCUT2D eigenvalue weighted by atomic mass is 32.1. The van der Waals surface area contributed by atoms with Gasteiger partial charge in [-0.3, -0.25) is 4.90 Å². The molecule has 0 aromatic heterocycles. The summed E-state index contributed by atoms with van der Waals surface area (Å²) in [6.07, 6.45) is 4.38. The summed E-state index contributed by atoms with van der Waals surface area (Å²) in [6, 6.07) is 0. The molecule has 2 aliphatic rings. The molecular weight excluding hydrogens is 142 g/mol. The van der Waals surface area contributed by atoms with Gasteiger partial charge in [-0.2, -0.15) is 12.6 Å². The van der Waals surface area contributed by atoms with E-state index in [9.17, 15) is 0 Å². The summed E-state index contributed by atoms with van der Waals surface area (Å²) in [5.74, 6) is 0. The quantitative estimate of drug-likeness (QED) is 0.568. The lowest BCUT2D eigenvalue weighted by Crippen LogP contribution is -2.26. The highest BCUT2D eigenvalue weighted by molar-refractivity contribution is 7.80. The molecule has 1 atom stereocenters. The van der Waals surface area contributed by atoms with Crippen molar-refractivity contribution in [3.8, 4) is 0 Å². The summed E-state index contributed by atoms with van der Waals surface area (Å²) in [6.45, 7) is 4.77. The van der Waals surface area contributed by atoms with Gasteiger partial charge in [0.15, 0.2) is 0 Å². The van der Waals surface area contributed by atoms with Crippen LogP contribution in [0.3, 0.4) is 0 Å². The smallest absolute Gasteiger partial charge is 0.0499 e. The molecule has 2 fully saturated rings. The highest BCUT2D eigenvalue weighted by Gasteiger charge is 2.47. The summed E-state index contributed by atoms with van der Waals surface area (Å²) < 4.78 is 0. The van der Waals surface area contributed by atoms with Crippen LogP contribution in [0.15, 0.2) is 0 Å². The molecule has 10 heavy (non-hydrogen) atoms. The summed E-state index contributed by atoms with van der Waals surface area (Å²) >= 11 is 4.42. The molecule has 0 aromatic carbocycles. The van der Waals surface area contributed by atoms with Crippen LogP contribution >= 0.6 is 12.6 Å². The monoisotopic (exact) mass is 157 g/mol. The van der Waals surface area contributed by atoms with E-state index >= 15 is 0 Å². The number of rotatable bonds is 1. The lowest BCUT2D eigenvalue weighted by molar-refractivity contribution is 0.315. The Morgan fingerprint density at radius 1 is 1.40 bits per heavy atom. The third-order valence-corrected chi connectivity index (χ3v) is 3.28. The Morgan fingerprint density at radius 2 is 2.10 bits per heavy atom. The molecular formula is C8H15NS. The molecule has 0 amide bonds. The Balaban J connectivity index is 1.93. The van der Waals surface area contributed by atoms with Crippen molar-refractivity contribution in [1.82, 2.24) is 4.90 Å². The van der Waals surface area contributed by atoms with Crippen LogP contribution in [0.5, 0.6) is 0 Å². The predicted octanol–water partition coefficient (Wildman–Crippen LogP) is 1.75. The van der Waals surface area contributed by atoms with E-state index in [1.165, 1.54) is 32.4 Å². The molecule has 1 heterocycles. The van der Waals surface area contributed by atoms with Crippen molar-refractivity contribution in [3.63, 3.8) is 0 Å². The van der Waals surface area contributed by atoms with Gasteiger partial charge in [0.1, 0.15) is 0 Å². The summed E-state index contributed by atoms with van der Waals surface area (Å²) in [5.41, 5.74) is 0.775. The van der Waals surface area contributed by atoms with Crippen LogP contribution in [0.2, 0.25) is 0 Å². The Bertz CT molecular complexity index is 140. The minimum Gasteiger partial charge on any atom is -0.291 e. The Kier molecular flexibility index (Phi) is 1.50. The van der Waals surface area contributed by atoms with Crippen LogP contribution < -0.4 is 0 Å². The molecule has 58 valence electrons. The van der Waals surface area contributed by atoms with Gasteiger partial charge in [-0.1, -0.05) is 0 Å². The number of nitrogens with zero attached hydrogens (tertiary/aromatic N) is 1. The second-order valence-corrected chi connectivity index (χ2v) is 4.60. The number of hydrogen-bond donors (Lipinski definition) is 1. The molecule has 1 unspecified atom stereocenters. The van der Waals surface area contributed by atoms with Gasteiger partial charge in [-0.15, -0.1) is 0 Å². The predicted molar refractivity (Wildman–Crippen MR) is 46.3 cm³/mol. The number of likely N-dealkylation sites (tertiary alicyclic amines) is 1. The molecule has 1 nitrogen and oxygen atoms in total. The molecule has 1 saturated heterocycles. The molecule has 2 rings (SSSR count). The van der Waals surface area contributed by atoms with Crippen LogP contribution in [-0.2, 0) is 0 Å². The Labute approximate surface area is 68.2 Å². The largest absolute Gasteiger partial charge is 0.291 e. The molecule has 0 bridgehead atoms. The minimum absolute atomic E-state index is 0.472. The maximum absolute atomic E-state index is 4.42. The second-order valence-electron chi connectivity index (χ2n) is 3.85. The van der Waals surface area contributed by atoms with E-state index in [2.05, 4.69) is 24.5 Å². The minimum atomic E-state index is 0.472. The fourth-order valence-electron chi connectivity index (χ4n) is 1.87. The lowest BCUT2D eigenvalue weighted by atomic mass is 10.1. The van der Waals surface area contributed by atoms with Crippen LogP contribution in [0.25, 0.3) is 0 Å². The molecule has 1 aliphatic heterocycles. The van der Waals surface area contributed by atoms with Crippen molar-refractivity contribution < 1.29 is 0 Å². The molecule has 2 heteroatoms. The third kappa shape index (κ3) is 1.08. The van der Waals surface area contributed by atoms with Crippen LogP contribution in [0.1, 0.15) is 26.2 Å². The van der Waals surface area contributed by atoms with E-state index in [1.54, 1.807) is 0 Å². The normalized spacial score (nSPS) is 33.0. The Hall–Kier alpha value is 0.310. The van der Waals surface area contributed by atoms with Crippen LogP contribution in [0, 0.1) is 5.41 Å². The third-order valence-electron chi connectivity index (χ3n) is 2.95. The van der Waals surface area contributed by atoms with Gasteiger partial charge in [0.2, 0.25) is 0 Å². The van der Waals surface area contributed by atoms with E-state index in [-0.39, 0.29) is 0 Å². The standard InChI is InChI=1S/C8H15NS/c1-7(10)9-5-4-8(6-9)2-3-8/h7,10H,2-6H2,1H3. The zero-order valence-corrected chi connectivity index (χ0v) is 7.40. The topological polar surface area (TPSA) is 3.24 Å². The van der Waals surface area contributed by atoms with Crippen molar-refractivity contribution >= 4 is 12.6 Å². The van der Waals surface area contributed by atoms with E-state index in [4.69, 9.17) is 0 Å². The molecule has 0 N–H and O–H groups in total. The fraction of sp³-hybridized carbons (Fsp3) is 1.00. The zero-order chi connectivity index (χ0) is 7.19. The van der Waals surface area contributed by atoms with Crippen molar-refractivity contribution in [1.29, 1.82) is 0 Å². The van der Waals surface area contributed by atoms with Gasteiger partial charge in [-0.05, 0) is 38.1 Å². The van der Waals surface area contributed by atoms with E-state index in [1.807, 2.05) is 0 Å². The van der Waals surface area contributed by atoms with Crippen LogP contribution in [0.4, 0.5) is 0 Å². The highest BCUT2D eigenvalue weighted by Crippen LogP contribution is 2.53. The van der Waals surface area contributed by atoms with E-state index < -0.39 is 0 Å². The Morgan fingerprint density at radius 3 is 2.40 bits per heavy atom. The summed E-state index contributed by atoms with van der Waals surface area (Å²) in [4.78, 5) is 2.48. The average molecular weight is 157 g/mol. The maximum atomic E-state index is 4.42. The van der Waals surface area contributed by atoms with Gasteiger partial charge in [0.05, 0.1) is 0 Å². The first-order valence-corrected chi connectivity index (χ1v) is 4.66. The molecule has 1 aliphatic carbocycles. The van der Waals surface area contributed by atoms with Crippen molar-refractivity contribution in [2.45, 2.75) is 31.6 Å². The number of hydrogen-bond acceptors (Lipinski definition) is 2. The van der Waals surface area contributed by atoms with Crippen molar-refractivity contribution in [2.24, 2.45) is 5.41 Å². The van der Waals surface area contributed by atoms with Gasteiger partial charge >= 0.3 is 0 Å². The first-order valence-electron chi connectivity index (χ1n) is 4.14. The number of thiol groups is 1. The van der Waals surface area contributed by atoms with Crippen molar-refractivity contribution in [3.05, 3.63) is 0 Å². The fourth-order valence-corrected chi connectivity index (χ4v) is 2.07. The maximum Gasteiger partial charge on any atom is 0.0499 e. The summed E-state index contributed by atoms with van der Waals surface area (Å²) in [7, 11) is 0. The SMILES string of the molecule is CC(S)N1CCC2(CC2)C1. The van der Waals surface area contributed by atoms with Gasteiger partial charge in [0, 0.05) is 11.9 Å². The van der Waals surface area contributed by atoms with Crippen LogP contribution in [-0.4, -0.2) is 23.4 Å². The average Bonchev–Trinajstić information content (AvgIpc) is 2.41. The first kappa shape index (κ1) is 6.99. The first-order chi connectivity index (χ1) is 4.72. The molecule has 1 saturated carbocycles. The summed E-state index contributed by atoms with van der Waals surface area (Å²) in [5, 5.41) is 0.472. The zero-order valence-electron chi connectivity index (χ0n) is 6.51. The van der Waals surface area contributed by atoms with E-state index in [0.717, 1.165) is 5.41 Å². The lowest BCUT2D eigenvalue weighted by Gasteiger charge is -2.18. The second kappa shape index (κ2) is 2.15.